The van der Waals surface area contributed by atoms with Crippen molar-refractivity contribution in [2.24, 2.45) is 0 Å². The predicted octanol–water partition coefficient (Wildman–Crippen LogP) is 3.15. The molecule has 0 N–H and O–H groups in total. The first kappa shape index (κ1) is 26.0. The molecule has 2 aliphatic rings. The summed E-state index contributed by atoms with van der Waals surface area (Å²) in [5.74, 6) is 0.224. The van der Waals surface area contributed by atoms with Gasteiger partial charge < -0.3 is 19.3 Å². The van der Waals surface area contributed by atoms with Crippen LogP contribution in [0, 0.1) is 0 Å². The normalized spacial score (nSPS) is 21.9. The van der Waals surface area contributed by atoms with Crippen molar-refractivity contribution in [3.63, 3.8) is 0 Å². The van der Waals surface area contributed by atoms with Crippen LogP contribution in [0.4, 0.5) is 13.2 Å². The van der Waals surface area contributed by atoms with Crippen molar-refractivity contribution in [3.05, 3.63) is 47.8 Å². The minimum Gasteiger partial charge on any atom is -0.491 e. The maximum absolute atomic E-state index is 13.7. The van der Waals surface area contributed by atoms with Gasteiger partial charge in [0.2, 0.25) is 5.91 Å². The number of nitrogens with zero attached hydrogens (tertiary/aromatic N) is 4. The molecule has 2 aliphatic heterocycles. The molecule has 2 amide bonds. The Hall–Kier alpha value is -3.08. The number of hydrogen-bond donors (Lipinski definition) is 0. The number of morpholine rings is 1. The number of rotatable bonds is 3. The van der Waals surface area contributed by atoms with E-state index in [4.69, 9.17) is 9.47 Å². The number of aryl methyl sites for hydroxylation is 1. The molecule has 1 saturated heterocycles. The van der Waals surface area contributed by atoms with Crippen LogP contribution in [0.15, 0.2) is 36.5 Å². The number of fused-ring (bicyclic) bond motifs is 1. The topological polar surface area (TPSA) is 76.9 Å². The van der Waals surface area contributed by atoms with Gasteiger partial charge in [0.15, 0.2) is 11.3 Å². The van der Waals surface area contributed by atoms with Gasteiger partial charge in [-0.2, -0.15) is 18.3 Å². The first-order valence-electron chi connectivity index (χ1n) is 12.2. The Labute approximate surface area is 207 Å². The molecule has 0 radical (unpaired) electrons. The largest absolute Gasteiger partial charge is 0.491 e. The summed E-state index contributed by atoms with van der Waals surface area (Å²) in [5.41, 5.74) is -1.14. The maximum atomic E-state index is 13.7. The standard InChI is InChI=1S/C25H31F3N4O4/c1-2-30-13-15-35-20-9-4-3-7-19(20)8-5-6-11-24(23(30)34)18-31(14-16-36-24)22(33)17-32-12-10-21(29-32)25(26,27)28/h3-4,7,9-10,12H,2,5-6,8,11,13-18H2,1H3. The van der Waals surface area contributed by atoms with Gasteiger partial charge in [-0.25, -0.2) is 0 Å². The number of carbonyl (C=O) groups excluding carboxylic acids is 2. The van der Waals surface area contributed by atoms with Crippen molar-refractivity contribution in [2.45, 2.75) is 50.9 Å². The Morgan fingerprint density at radius 1 is 1.14 bits per heavy atom. The van der Waals surface area contributed by atoms with Crippen LogP contribution in [0.2, 0.25) is 0 Å². The Kier molecular flexibility index (Phi) is 7.87. The summed E-state index contributed by atoms with van der Waals surface area (Å²) in [7, 11) is 0. The summed E-state index contributed by atoms with van der Waals surface area (Å²) in [6.07, 6.45) is -0.698. The van der Waals surface area contributed by atoms with E-state index in [1.54, 1.807) is 4.90 Å². The quantitative estimate of drug-likeness (QED) is 0.637. The van der Waals surface area contributed by atoms with Crippen molar-refractivity contribution < 1.29 is 32.2 Å². The minimum absolute atomic E-state index is 0.0476. The van der Waals surface area contributed by atoms with Gasteiger partial charge in [-0.15, -0.1) is 0 Å². The molecule has 0 bridgehead atoms. The van der Waals surface area contributed by atoms with Gasteiger partial charge in [-0.3, -0.25) is 14.3 Å². The number of benzene rings is 1. The lowest BCUT2D eigenvalue weighted by Crippen LogP contribution is -2.62. The van der Waals surface area contributed by atoms with Gasteiger partial charge in [0.25, 0.3) is 5.91 Å². The molecule has 36 heavy (non-hydrogen) atoms. The zero-order valence-electron chi connectivity index (χ0n) is 20.3. The third-order valence-corrected chi connectivity index (χ3v) is 6.69. The summed E-state index contributed by atoms with van der Waals surface area (Å²) < 4.78 is 51.7. The van der Waals surface area contributed by atoms with Crippen LogP contribution in [0.3, 0.4) is 0 Å². The first-order chi connectivity index (χ1) is 17.2. The second-order valence-electron chi connectivity index (χ2n) is 9.10. The Morgan fingerprint density at radius 2 is 1.94 bits per heavy atom. The van der Waals surface area contributed by atoms with E-state index in [1.165, 1.54) is 4.90 Å². The van der Waals surface area contributed by atoms with E-state index >= 15 is 0 Å². The number of amides is 2. The number of likely N-dealkylation sites (N-methyl/N-ethyl adjacent to an activating group) is 1. The van der Waals surface area contributed by atoms with Crippen molar-refractivity contribution >= 4 is 11.8 Å². The molecule has 0 saturated carbocycles. The lowest BCUT2D eigenvalue weighted by molar-refractivity contribution is -0.176. The van der Waals surface area contributed by atoms with E-state index in [9.17, 15) is 22.8 Å². The monoisotopic (exact) mass is 508 g/mol. The Balaban J connectivity index is 1.50. The minimum atomic E-state index is -4.58. The molecular formula is C25H31F3N4O4. The van der Waals surface area contributed by atoms with Gasteiger partial charge in [0.1, 0.15) is 18.9 Å². The Morgan fingerprint density at radius 3 is 2.69 bits per heavy atom. The molecule has 11 heteroatoms. The molecule has 0 aliphatic carbocycles. The second-order valence-corrected chi connectivity index (χ2v) is 9.10. The molecule has 1 unspecified atom stereocenters. The fourth-order valence-corrected chi connectivity index (χ4v) is 4.76. The first-order valence-corrected chi connectivity index (χ1v) is 12.2. The summed E-state index contributed by atoms with van der Waals surface area (Å²) >= 11 is 0. The number of hydrogen-bond acceptors (Lipinski definition) is 5. The lowest BCUT2D eigenvalue weighted by Gasteiger charge is -2.44. The number of ether oxygens (including phenoxy) is 2. The van der Waals surface area contributed by atoms with E-state index in [-0.39, 0.29) is 32.1 Å². The Bertz CT molecular complexity index is 1070. The number of para-hydroxylation sites is 1. The van der Waals surface area contributed by atoms with Crippen molar-refractivity contribution in [2.75, 3.05) is 39.4 Å². The summed E-state index contributed by atoms with van der Waals surface area (Å²) in [5, 5.41) is 3.47. The zero-order valence-corrected chi connectivity index (χ0v) is 20.3. The van der Waals surface area contributed by atoms with Gasteiger partial charge in [-0.05, 0) is 50.3 Å². The van der Waals surface area contributed by atoms with Crippen LogP contribution in [-0.2, 0) is 33.5 Å². The summed E-state index contributed by atoms with van der Waals surface area (Å²) in [6, 6.07) is 8.71. The van der Waals surface area contributed by atoms with Gasteiger partial charge in [-0.1, -0.05) is 18.2 Å². The molecule has 1 aromatic heterocycles. The highest BCUT2D eigenvalue weighted by Crippen LogP contribution is 2.30. The van der Waals surface area contributed by atoms with Crippen LogP contribution < -0.4 is 4.74 Å². The third kappa shape index (κ3) is 5.83. The SMILES string of the molecule is CCN1CCOc2ccccc2CCCCC2(CN(C(=O)Cn3ccc(C(F)(F)F)n3)CCO2)C1=O. The van der Waals surface area contributed by atoms with E-state index < -0.39 is 23.4 Å². The molecule has 3 heterocycles. The van der Waals surface area contributed by atoms with Gasteiger partial charge in [0, 0.05) is 19.3 Å². The second kappa shape index (κ2) is 10.9. The number of halogens is 3. The molecule has 8 nitrogen and oxygen atoms in total. The predicted molar refractivity (Wildman–Crippen MR) is 124 cm³/mol. The fraction of sp³-hybridized carbons (Fsp3) is 0.560. The number of aromatic nitrogens is 2. The molecule has 1 atom stereocenters. The zero-order chi connectivity index (χ0) is 25.8. The van der Waals surface area contributed by atoms with Crippen molar-refractivity contribution in [3.8, 4) is 5.75 Å². The van der Waals surface area contributed by atoms with E-state index in [1.807, 2.05) is 31.2 Å². The van der Waals surface area contributed by atoms with Crippen LogP contribution in [0.25, 0.3) is 0 Å². The van der Waals surface area contributed by atoms with E-state index in [0.29, 0.717) is 32.5 Å². The lowest BCUT2D eigenvalue weighted by atomic mass is 9.91. The smallest absolute Gasteiger partial charge is 0.435 e. The van der Waals surface area contributed by atoms with Crippen LogP contribution in [0.5, 0.6) is 5.75 Å². The summed E-state index contributed by atoms with van der Waals surface area (Å²) in [4.78, 5) is 29.9. The average molecular weight is 509 g/mol. The average Bonchev–Trinajstić information content (AvgIpc) is 3.33. The van der Waals surface area contributed by atoms with Crippen LogP contribution >= 0.6 is 0 Å². The number of carbonyl (C=O) groups is 2. The van der Waals surface area contributed by atoms with Gasteiger partial charge >= 0.3 is 6.18 Å². The van der Waals surface area contributed by atoms with Crippen molar-refractivity contribution in [1.29, 1.82) is 0 Å². The summed E-state index contributed by atoms with van der Waals surface area (Å²) in [6.45, 7) is 3.16. The molecule has 1 aromatic carbocycles. The maximum Gasteiger partial charge on any atom is 0.435 e. The van der Waals surface area contributed by atoms with Gasteiger partial charge in [0.05, 0.1) is 19.7 Å². The van der Waals surface area contributed by atoms with Crippen LogP contribution in [-0.4, -0.2) is 76.4 Å². The van der Waals surface area contributed by atoms with E-state index in [0.717, 1.165) is 41.1 Å². The van der Waals surface area contributed by atoms with Crippen LogP contribution in [0.1, 0.15) is 37.4 Å². The highest BCUT2D eigenvalue weighted by molar-refractivity contribution is 5.87. The molecular weight excluding hydrogens is 477 g/mol. The molecule has 196 valence electrons. The third-order valence-electron chi connectivity index (χ3n) is 6.69. The van der Waals surface area contributed by atoms with Crippen molar-refractivity contribution in [1.82, 2.24) is 19.6 Å². The number of alkyl halides is 3. The molecule has 4 rings (SSSR count). The van der Waals surface area contributed by atoms with E-state index in [2.05, 4.69) is 5.10 Å². The highest BCUT2D eigenvalue weighted by atomic mass is 19.4. The fourth-order valence-electron chi connectivity index (χ4n) is 4.76. The highest BCUT2D eigenvalue weighted by Gasteiger charge is 2.46. The molecule has 1 spiro atoms. The molecule has 1 fully saturated rings. The molecule has 2 aromatic rings.